The van der Waals surface area contributed by atoms with Gasteiger partial charge < -0.3 is 15.0 Å². The second kappa shape index (κ2) is 7.77. The van der Waals surface area contributed by atoms with E-state index in [1.807, 2.05) is 38.6 Å². The van der Waals surface area contributed by atoms with E-state index in [0.717, 1.165) is 54.3 Å². The second-order valence-corrected chi connectivity index (χ2v) is 8.37. The van der Waals surface area contributed by atoms with Crippen LogP contribution in [0.1, 0.15) is 44.7 Å². The first kappa shape index (κ1) is 20.1. The lowest BCUT2D eigenvalue weighted by Crippen LogP contribution is -2.46. The minimum absolute atomic E-state index is 0.120. The average Bonchev–Trinajstić information content (AvgIpc) is 3.02. The Morgan fingerprint density at radius 2 is 1.86 bits per heavy atom. The van der Waals surface area contributed by atoms with Crippen LogP contribution in [-0.2, 0) is 11.8 Å². The van der Waals surface area contributed by atoms with E-state index in [0.29, 0.717) is 0 Å². The van der Waals surface area contributed by atoms with E-state index < -0.39 is 5.60 Å². The van der Waals surface area contributed by atoms with Crippen LogP contribution in [0, 0.1) is 13.8 Å². The van der Waals surface area contributed by atoms with Gasteiger partial charge in [-0.25, -0.2) is 4.79 Å². The predicted molar refractivity (Wildman–Crippen MR) is 108 cm³/mol. The molecule has 1 aliphatic heterocycles. The van der Waals surface area contributed by atoms with E-state index in [4.69, 9.17) is 4.74 Å². The number of nitrogens with one attached hydrogen (secondary N) is 1. The zero-order valence-electron chi connectivity index (χ0n) is 17.6. The van der Waals surface area contributed by atoms with Crippen LogP contribution in [0.2, 0.25) is 0 Å². The third-order valence-electron chi connectivity index (χ3n) is 5.08. The van der Waals surface area contributed by atoms with Crippen molar-refractivity contribution in [2.75, 3.05) is 18.0 Å². The molecule has 2 aromatic rings. The average molecular weight is 387 g/mol. The molecule has 3 rings (SSSR count). The van der Waals surface area contributed by atoms with Crippen LogP contribution in [0.4, 0.5) is 10.6 Å². The largest absolute Gasteiger partial charge is 0.444 e. The van der Waals surface area contributed by atoms with Gasteiger partial charge in [-0.2, -0.15) is 5.10 Å². The Kier molecular flexibility index (Phi) is 5.58. The van der Waals surface area contributed by atoms with Gasteiger partial charge in [0.2, 0.25) is 0 Å². The molecule has 0 bridgehead atoms. The number of hydrogen-bond donors (Lipinski definition) is 1. The molecule has 0 atom stereocenters. The lowest BCUT2D eigenvalue weighted by atomic mass is 10.0. The molecule has 1 aliphatic rings. The molecule has 3 heterocycles. The van der Waals surface area contributed by atoms with Crippen molar-refractivity contribution >= 4 is 11.9 Å². The van der Waals surface area contributed by atoms with Crippen LogP contribution in [0.3, 0.4) is 0 Å². The van der Waals surface area contributed by atoms with Crippen LogP contribution in [-0.4, -0.2) is 50.8 Å². The van der Waals surface area contributed by atoms with Gasteiger partial charge in [0.05, 0.1) is 5.69 Å². The molecule has 1 saturated heterocycles. The molecule has 0 radical (unpaired) electrons. The topological polar surface area (TPSA) is 85.2 Å². The number of alkyl carbamates (subject to hydrolysis) is 1. The normalized spacial score (nSPS) is 15.6. The quantitative estimate of drug-likeness (QED) is 0.873. The number of hydrogen-bond acceptors (Lipinski definition) is 6. The lowest BCUT2D eigenvalue weighted by Gasteiger charge is -2.34. The molecule has 1 fully saturated rings. The zero-order chi connectivity index (χ0) is 20.5. The van der Waals surface area contributed by atoms with Crippen LogP contribution in [0.25, 0.3) is 11.4 Å². The number of aromatic nitrogens is 4. The van der Waals surface area contributed by atoms with Gasteiger partial charge in [-0.1, -0.05) is 0 Å². The van der Waals surface area contributed by atoms with Crippen LogP contribution >= 0.6 is 0 Å². The van der Waals surface area contributed by atoms with E-state index in [2.05, 4.69) is 39.4 Å². The van der Waals surface area contributed by atoms with E-state index in [-0.39, 0.29) is 12.1 Å². The van der Waals surface area contributed by atoms with E-state index >= 15 is 0 Å². The molecule has 8 nitrogen and oxygen atoms in total. The molecule has 1 amide bonds. The molecule has 152 valence electrons. The maximum Gasteiger partial charge on any atom is 0.407 e. The van der Waals surface area contributed by atoms with Gasteiger partial charge in [-0.05, 0) is 64.7 Å². The van der Waals surface area contributed by atoms with Crippen molar-refractivity contribution < 1.29 is 9.53 Å². The Labute approximate surface area is 166 Å². The van der Waals surface area contributed by atoms with Crippen molar-refractivity contribution in [1.82, 2.24) is 25.3 Å². The van der Waals surface area contributed by atoms with Crippen LogP contribution in [0.5, 0.6) is 0 Å². The van der Waals surface area contributed by atoms with E-state index in [1.54, 1.807) is 6.20 Å². The van der Waals surface area contributed by atoms with Crippen molar-refractivity contribution in [2.45, 2.75) is 59.1 Å². The number of piperidine rings is 1. The third kappa shape index (κ3) is 4.43. The highest BCUT2D eigenvalue weighted by Gasteiger charge is 2.26. The molecule has 1 N–H and O–H groups in total. The number of aryl methyl sites for hydroxylation is 1. The van der Waals surface area contributed by atoms with Gasteiger partial charge in [-0.15, -0.1) is 10.2 Å². The Hall–Kier alpha value is -2.64. The fraction of sp³-hybridized carbons (Fsp3) is 0.600. The van der Waals surface area contributed by atoms with E-state index in [1.165, 1.54) is 0 Å². The van der Waals surface area contributed by atoms with Crippen molar-refractivity contribution in [1.29, 1.82) is 0 Å². The summed E-state index contributed by atoms with van der Waals surface area (Å²) in [6.45, 7) is 11.4. The third-order valence-corrected chi connectivity index (χ3v) is 5.08. The molecule has 0 unspecified atom stereocenters. The number of nitrogens with zero attached hydrogens (tertiary/aromatic N) is 5. The Morgan fingerprint density at radius 3 is 2.43 bits per heavy atom. The van der Waals surface area contributed by atoms with Crippen molar-refractivity contribution in [2.24, 2.45) is 7.05 Å². The summed E-state index contributed by atoms with van der Waals surface area (Å²) in [5.74, 6) is 0.916. The number of rotatable bonds is 3. The second-order valence-electron chi connectivity index (χ2n) is 8.37. The first-order valence-corrected chi connectivity index (χ1v) is 9.72. The molecular weight excluding hydrogens is 356 g/mol. The molecule has 2 aromatic heterocycles. The number of ether oxygens (including phenoxy) is 1. The summed E-state index contributed by atoms with van der Waals surface area (Å²) in [6.07, 6.45) is 3.12. The van der Waals surface area contributed by atoms with Gasteiger partial charge in [-0.3, -0.25) is 4.68 Å². The number of carbonyl (C=O) groups excluding carboxylic acids is 1. The molecular formula is C20H30N6O2. The minimum Gasteiger partial charge on any atom is -0.444 e. The maximum absolute atomic E-state index is 12.0. The van der Waals surface area contributed by atoms with Crippen molar-refractivity contribution in [3.8, 4) is 11.4 Å². The van der Waals surface area contributed by atoms with Crippen LogP contribution < -0.4 is 10.2 Å². The Balaban J connectivity index is 1.66. The first-order chi connectivity index (χ1) is 13.2. The Morgan fingerprint density at radius 1 is 1.18 bits per heavy atom. The lowest BCUT2D eigenvalue weighted by molar-refractivity contribution is 0.0497. The monoisotopic (exact) mass is 386 g/mol. The molecule has 28 heavy (non-hydrogen) atoms. The van der Waals surface area contributed by atoms with Gasteiger partial charge in [0, 0.05) is 32.4 Å². The maximum atomic E-state index is 12.0. The van der Waals surface area contributed by atoms with Crippen molar-refractivity contribution in [3.63, 3.8) is 0 Å². The summed E-state index contributed by atoms with van der Waals surface area (Å²) in [7, 11) is 1.90. The summed E-state index contributed by atoms with van der Waals surface area (Å²) >= 11 is 0. The number of amides is 1. The summed E-state index contributed by atoms with van der Waals surface area (Å²) in [5, 5.41) is 16.2. The van der Waals surface area contributed by atoms with Crippen LogP contribution in [0.15, 0.2) is 12.3 Å². The van der Waals surface area contributed by atoms with Gasteiger partial charge in [0.1, 0.15) is 11.3 Å². The molecule has 8 heteroatoms. The summed E-state index contributed by atoms with van der Waals surface area (Å²) < 4.78 is 7.16. The minimum atomic E-state index is -0.482. The first-order valence-electron chi connectivity index (χ1n) is 9.72. The molecule has 0 spiro atoms. The Bertz CT molecular complexity index is 847. The summed E-state index contributed by atoms with van der Waals surface area (Å²) in [6, 6.07) is 2.07. The molecule has 0 aromatic carbocycles. The molecule has 0 aliphatic carbocycles. The van der Waals surface area contributed by atoms with Crippen molar-refractivity contribution in [3.05, 3.63) is 23.4 Å². The smallest absolute Gasteiger partial charge is 0.407 e. The fourth-order valence-corrected chi connectivity index (χ4v) is 3.45. The fourth-order valence-electron chi connectivity index (χ4n) is 3.45. The summed E-state index contributed by atoms with van der Waals surface area (Å²) in [5.41, 5.74) is 3.58. The number of carbonyl (C=O) groups is 1. The number of anilines is 1. The SMILES string of the molecule is Cc1c(-c2ccnn2C)nnc(N2CCC(NC(=O)OC(C)(C)C)CC2)c1C. The summed E-state index contributed by atoms with van der Waals surface area (Å²) in [4.78, 5) is 14.2. The highest BCUT2D eigenvalue weighted by molar-refractivity contribution is 5.68. The van der Waals surface area contributed by atoms with Gasteiger partial charge in [0.15, 0.2) is 5.82 Å². The highest BCUT2D eigenvalue weighted by Crippen LogP contribution is 2.28. The highest BCUT2D eigenvalue weighted by atomic mass is 16.6. The predicted octanol–water partition coefficient (Wildman–Crippen LogP) is 2.99. The molecule has 0 saturated carbocycles. The van der Waals surface area contributed by atoms with Gasteiger partial charge >= 0.3 is 6.09 Å². The zero-order valence-corrected chi connectivity index (χ0v) is 17.6. The standard InChI is InChI=1S/C20H30N6O2/c1-13-14(2)18(24-23-17(13)16-7-10-21-25(16)6)26-11-8-15(9-12-26)22-19(27)28-20(3,4)5/h7,10,15H,8-9,11-12H2,1-6H3,(H,22,27). The van der Waals surface area contributed by atoms with Gasteiger partial charge in [0.25, 0.3) is 0 Å². The van der Waals surface area contributed by atoms with E-state index in [9.17, 15) is 4.79 Å².